The standard InChI is InChI=1S/C23H30N4O5/c1-3-6-17-14-19(25-32-17)20(28)26-11-8-16(9-12-26)23(10-4-2)21(29)27(22(30)24-23)15-18-7-5-13-31-18/h5,7,13-14,16H,3-4,6,8-12,15H2,1-2H3,(H,24,30). The molecule has 1 N–H and O–H groups in total. The van der Waals surface area contributed by atoms with Gasteiger partial charge in [0.2, 0.25) is 0 Å². The largest absolute Gasteiger partial charge is 0.467 e. The van der Waals surface area contributed by atoms with Crippen molar-refractivity contribution < 1.29 is 23.3 Å². The van der Waals surface area contributed by atoms with Crippen LogP contribution in [-0.4, -0.2) is 51.4 Å². The Morgan fingerprint density at radius 2 is 2.00 bits per heavy atom. The molecule has 32 heavy (non-hydrogen) atoms. The highest BCUT2D eigenvalue weighted by molar-refractivity contribution is 6.07. The van der Waals surface area contributed by atoms with E-state index in [1.165, 1.54) is 11.2 Å². The van der Waals surface area contributed by atoms with E-state index in [4.69, 9.17) is 8.94 Å². The first kappa shape index (κ1) is 22.1. The van der Waals surface area contributed by atoms with Crippen molar-refractivity contribution in [3.8, 4) is 0 Å². The van der Waals surface area contributed by atoms with Crippen molar-refractivity contribution in [2.45, 2.75) is 64.5 Å². The summed E-state index contributed by atoms with van der Waals surface area (Å²) in [5.41, 5.74) is -0.611. The van der Waals surface area contributed by atoms with Crippen LogP contribution in [0.4, 0.5) is 4.79 Å². The van der Waals surface area contributed by atoms with Crippen molar-refractivity contribution in [2.75, 3.05) is 13.1 Å². The molecular formula is C23H30N4O5. The number of hydrogen-bond acceptors (Lipinski definition) is 6. The van der Waals surface area contributed by atoms with Gasteiger partial charge in [0.1, 0.15) is 17.1 Å². The molecule has 9 nitrogen and oxygen atoms in total. The molecule has 1 unspecified atom stereocenters. The molecule has 0 aromatic carbocycles. The van der Waals surface area contributed by atoms with E-state index < -0.39 is 5.54 Å². The summed E-state index contributed by atoms with van der Waals surface area (Å²) in [6.07, 6.45) is 5.79. The number of aromatic nitrogens is 1. The lowest BCUT2D eigenvalue weighted by molar-refractivity contribution is -0.134. The van der Waals surface area contributed by atoms with Crippen molar-refractivity contribution in [1.82, 2.24) is 20.3 Å². The van der Waals surface area contributed by atoms with Crippen LogP contribution >= 0.6 is 0 Å². The predicted molar refractivity (Wildman–Crippen MR) is 115 cm³/mol. The van der Waals surface area contributed by atoms with Gasteiger partial charge in [-0.2, -0.15) is 0 Å². The number of furan rings is 1. The second kappa shape index (κ2) is 9.18. The Labute approximate surface area is 187 Å². The highest BCUT2D eigenvalue weighted by atomic mass is 16.5. The number of aryl methyl sites for hydroxylation is 1. The minimum atomic E-state index is -0.935. The molecule has 0 saturated carbocycles. The number of nitrogens with one attached hydrogen (secondary N) is 1. The van der Waals surface area contributed by atoms with E-state index in [0.29, 0.717) is 49.6 Å². The van der Waals surface area contributed by atoms with E-state index in [0.717, 1.165) is 19.3 Å². The summed E-state index contributed by atoms with van der Waals surface area (Å²) in [6.45, 7) is 5.18. The van der Waals surface area contributed by atoms with Gasteiger partial charge in [-0.25, -0.2) is 4.79 Å². The number of carbonyl (C=O) groups excluding carboxylic acids is 3. The smallest absolute Gasteiger partial charge is 0.325 e. The molecule has 0 aliphatic carbocycles. The fraction of sp³-hybridized carbons (Fsp3) is 0.565. The molecule has 2 aliphatic heterocycles. The molecule has 0 radical (unpaired) electrons. The Kier molecular flexibility index (Phi) is 6.34. The number of likely N-dealkylation sites (tertiary alicyclic amines) is 1. The number of imide groups is 1. The quantitative estimate of drug-likeness (QED) is 0.628. The third-order valence-corrected chi connectivity index (χ3v) is 6.49. The molecule has 4 heterocycles. The van der Waals surface area contributed by atoms with Crippen LogP contribution in [0.1, 0.15) is 68.0 Å². The van der Waals surface area contributed by atoms with Crippen LogP contribution in [0, 0.1) is 5.92 Å². The van der Waals surface area contributed by atoms with Gasteiger partial charge in [-0.3, -0.25) is 14.5 Å². The second-order valence-corrected chi connectivity index (χ2v) is 8.62. The first-order chi connectivity index (χ1) is 15.5. The normalized spacial score (nSPS) is 21.9. The number of piperidine rings is 1. The van der Waals surface area contributed by atoms with E-state index in [1.54, 1.807) is 23.1 Å². The zero-order chi connectivity index (χ0) is 22.7. The SMILES string of the molecule is CCCc1cc(C(=O)N2CCC(C3(CCC)NC(=O)N(Cc4ccco4)C3=O)CC2)no1. The Hall–Kier alpha value is -3.10. The molecule has 4 rings (SSSR count). The average Bonchev–Trinajstić information content (AvgIpc) is 3.52. The maximum atomic E-state index is 13.5. The molecule has 2 aromatic rings. The van der Waals surface area contributed by atoms with E-state index in [1.807, 2.05) is 13.8 Å². The lowest BCUT2D eigenvalue weighted by Crippen LogP contribution is -2.56. The van der Waals surface area contributed by atoms with Crippen molar-refractivity contribution >= 4 is 17.8 Å². The van der Waals surface area contributed by atoms with Crippen LogP contribution in [0.5, 0.6) is 0 Å². The number of urea groups is 1. The molecule has 2 fully saturated rings. The molecule has 2 saturated heterocycles. The first-order valence-electron chi connectivity index (χ1n) is 11.4. The summed E-state index contributed by atoms with van der Waals surface area (Å²) >= 11 is 0. The predicted octanol–water partition coefficient (Wildman–Crippen LogP) is 3.36. The van der Waals surface area contributed by atoms with Gasteiger partial charge < -0.3 is 19.2 Å². The van der Waals surface area contributed by atoms with E-state index >= 15 is 0 Å². The number of carbonyl (C=O) groups is 3. The molecule has 172 valence electrons. The van der Waals surface area contributed by atoms with Crippen LogP contribution in [-0.2, 0) is 17.8 Å². The lowest BCUT2D eigenvalue weighted by Gasteiger charge is -2.40. The minimum absolute atomic E-state index is 0.0440. The van der Waals surface area contributed by atoms with E-state index in [2.05, 4.69) is 10.5 Å². The van der Waals surface area contributed by atoms with Crippen LogP contribution in [0.2, 0.25) is 0 Å². The zero-order valence-electron chi connectivity index (χ0n) is 18.6. The van der Waals surface area contributed by atoms with Crippen LogP contribution < -0.4 is 5.32 Å². The van der Waals surface area contributed by atoms with Crippen LogP contribution in [0.3, 0.4) is 0 Å². The van der Waals surface area contributed by atoms with E-state index in [9.17, 15) is 14.4 Å². The van der Waals surface area contributed by atoms with Gasteiger partial charge >= 0.3 is 6.03 Å². The zero-order valence-corrected chi connectivity index (χ0v) is 18.6. The van der Waals surface area contributed by atoms with Crippen LogP contribution in [0.25, 0.3) is 0 Å². The molecule has 1 atom stereocenters. The molecule has 4 amide bonds. The summed E-state index contributed by atoms with van der Waals surface area (Å²) in [6, 6.07) is 4.81. The summed E-state index contributed by atoms with van der Waals surface area (Å²) in [7, 11) is 0. The Bertz CT molecular complexity index is 961. The Morgan fingerprint density at radius 1 is 1.22 bits per heavy atom. The van der Waals surface area contributed by atoms with Gasteiger partial charge in [0, 0.05) is 25.6 Å². The van der Waals surface area contributed by atoms with Crippen molar-refractivity contribution in [3.05, 3.63) is 41.7 Å². The number of amides is 4. The van der Waals surface area contributed by atoms with Gasteiger partial charge in [0.25, 0.3) is 11.8 Å². The second-order valence-electron chi connectivity index (χ2n) is 8.62. The van der Waals surface area contributed by atoms with Gasteiger partial charge in [-0.1, -0.05) is 25.4 Å². The van der Waals surface area contributed by atoms with Crippen molar-refractivity contribution in [2.24, 2.45) is 5.92 Å². The molecular weight excluding hydrogens is 412 g/mol. The monoisotopic (exact) mass is 442 g/mol. The average molecular weight is 443 g/mol. The van der Waals surface area contributed by atoms with Gasteiger partial charge in [0.05, 0.1) is 12.8 Å². The van der Waals surface area contributed by atoms with E-state index in [-0.39, 0.29) is 30.3 Å². The van der Waals surface area contributed by atoms with Crippen molar-refractivity contribution in [3.63, 3.8) is 0 Å². The Morgan fingerprint density at radius 3 is 2.66 bits per heavy atom. The molecule has 2 aromatic heterocycles. The summed E-state index contributed by atoms with van der Waals surface area (Å²) < 4.78 is 10.6. The topological polar surface area (TPSA) is 109 Å². The molecule has 0 bridgehead atoms. The minimum Gasteiger partial charge on any atom is -0.467 e. The number of nitrogens with zero attached hydrogens (tertiary/aromatic N) is 3. The summed E-state index contributed by atoms with van der Waals surface area (Å²) in [5, 5.41) is 6.93. The van der Waals surface area contributed by atoms with Crippen molar-refractivity contribution in [1.29, 1.82) is 0 Å². The lowest BCUT2D eigenvalue weighted by atomic mass is 9.74. The first-order valence-corrected chi connectivity index (χ1v) is 11.4. The van der Waals surface area contributed by atoms with Gasteiger partial charge in [-0.05, 0) is 43.7 Å². The highest BCUT2D eigenvalue weighted by Crippen LogP contribution is 2.37. The third-order valence-electron chi connectivity index (χ3n) is 6.49. The number of rotatable bonds is 8. The van der Waals surface area contributed by atoms with Gasteiger partial charge in [0.15, 0.2) is 5.69 Å². The van der Waals surface area contributed by atoms with Gasteiger partial charge in [-0.15, -0.1) is 0 Å². The summed E-state index contributed by atoms with van der Waals surface area (Å²) in [4.78, 5) is 42.0. The molecule has 2 aliphatic rings. The fourth-order valence-electron chi connectivity index (χ4n) is 4.91. The molecule has 9 heteroatoms. The fourth-order valence-corrected chi connectivity index (χ4v) is 4.91. The van der Waals surface area contributed by atoms with Crippen LogP contribution in [0.15, 0.2) is 33.4 Å². The highest BCUT2D eigenvalue weighted by Gasteiger charge is 2.55. The maximum Gasteiger partial charge on any atom is 0.325 e. The number of hydrogen-bond donors (Lipinski definition) is 1. The Balaban J connectivity index is 1.44. The third kappa shape index (κ3) is 4.03. The summed E-state index contributed by atoms with van der Waals surface area (Å²) in [5.74, 6) is 0.879. The maximum absolute atomic E-state index is 13.5. The molecule has 0 spiro atoms.